The van der Waals surface area contributed by atoms with Gasteiger partial charge in [-0.3, -0.25) is 19.5 Å². The quantitative estimate of drug-likeness (QED) is 0.368. The smallest absolute Gasteiger partial charge is 0.301 e. The number of aryl methyl sites for hydroxylation is 1. The molecule has 0 saturated carbocycles. The molecule has 4 rings (SSSR count). The molecular formula is C23H21N3O5. The third kappa shape index (κ3) is 3.79. The fourth-order valence-corrected chi connectivity index (χ4v) is 3.47. The van der Waals surface area contributed by atoms with Crippen molar-refractivity contribution in [2.45, 2.75) is 26.3 Å². The number of ketones is 1. The molecule has 0 aliphatic carbocycles. The number of pyridine rings is 1. The number of hydrogen-bond acceptors (Lipinski definition) is 7. The van der Waals surface area contributed by atoms with E-state index < -0.39 is 17.7 Å². The topological polar surface area (TPSA) is 106 Å². The lowest BCUT2D eigenvalue weighted by atomic mass is 9.96. The molecule has 0 unspecified atom stereocenters. The van der Waals surface area contributed by atoms with E-state index in [1.54, 1.807) is 61.8 Å². The Morgan fingerprint density at radius 1 is 1.23 bits per heavy atom. The van der Waals surface area contributed by atoms with E-state index >= 15 is 0 Å². The molecule has 1 aliphatic rings. The summed E-state index contributed by atoms with van der Waals surface area (Å²) in [4.78, 5) is 31.2. The molecule has 1 N–H and O–H groups in total. The molecule has 1 aliphatic heterocycles. The summed E-state index contributed by atoms with van der Waals surface area (Å²) >= 11 is 0. The molecule has 1 amide bonds. The van der Waals surface area contributed by atoms with Crippen LogP contribution in [0.25, 0.3) is 5.76 Å². The maximum atomic E-state index is 13.0. The Bertz CT molecular complexity index is 1140. The van der Waals surface area contributed by atoms with Crippen LogP contribution >= 0.6 is 0 Å². The lowest BCUT2D eigenvalue weighted by molar-refractivity contribution is -0.132. The predicted octanol–water partition coefficient (Wildman–Crippen LogP) is 3.79. The summed E-state index contributed by atoms with van der Waals surface area (Å²) in [7, 11) is 0. The molecule has 8 nitrogen and oxygen atoms in total. The molecule has 158 valence electrons. The van der Waals surface area contributed by atoms with Crippen LogP contribution in [0.4, 0.5) is 5.82 Å². The van der Waals surface area contributed by atoms with Crippen LogP contribution in [0.1, 0.15) is 36.3 Å². The van der Waals surface area contributed by atoms with E-state index in [9.17, 15) is 14.7 Å². The second-order valence-electron chi connectivity index (χ2n) is 7.12. The van der Waals surface area contributed by atoms with Gasteiger partial charge in [0.05, 0.1) is 18.2 Å². The summed E-state index contributed by atoms with van der Waals surface area (Å²) in [6.45, 7) is 4.27. The highest BCUT2D eigenvalue weighted by Gasteiger charge is 2.48. The van der Waals surface area contributed by atoms with Gasteiger partial charge in [0.25, 0.3) is 5.78 Å². The fraction of sp³-hybridized carbons (Fsp3) is 0.217. The van der Waals surface area contributed by atoms with Gasteiger partial charge in [-0.1, -0.05) is 18.1 Å². The van der Waals surface area contributed by atoms with Gasteiger partial charge in [0.1, 0.15) is 17.3 Å². The van der Waals surface area contributed by atoms with Gasteiger partial charge < -0.3 is 14.4 Å². The van der Waals surface area contributed by atoms with Gasteiger partial charge in [0, 0.05) is 24.0 Å². The highest BCUT2D eigenvalue weighted by atomic mass is 16.5. The fourth-order valence-electron chi connectivity index (χ4n) is 3.47. The van der Waals surface area contributed by atoms with Crippen LogP contribution < -0.4 is 9.64 Å². The number of carbonyl (C=O) groups is 2. The van der Waals surface area contributed by atoms with E-state index in [4.69, 9.17) is 9.26 Å². The van der Waals surface area contributed by atoms with Crippen LogP contribution in [0.2, 0.25) is 0 Å². The minimum Gasteiger partial charge on any atom is -0.507 e. The van der Waals surface area contributed by atoms with Crippen molar-refractivity contribution < 1.29 is 24.0 Å². The van der Waals surface area contributed by atoms with Gasteiger partial charge in [0.2, 0.25) is 0 Å². The zero-order valence-corrected chi connectivity index (χ0v) is 17.1. The Balaban J connectivity index is 1.82. The van der Waals surface area contributed by atoms with Crippen molar-refractivity contribution in [2.75, 3.05) is 11.5 Å². The normalized spacial score (nSPS) is 17.9. The third-order valence-corrected chi connectivity index (χ3v) is 4.91. The number of aliphatic hydroxyl groups is 1. The number of nitrogens with zero attached hydrogens (tertiary/aromatic N) is 3. The zero-order valence-electron chi connectivity index (χ0n) is 17.1. The molecule has 1 atom stereocenters. The molecule has 8 heteroatoms. The average Bonchev–Trinajstić information content (AvgIpc) is 3.33. The van der Waals surface area contributed by atoms with Gasteiger partial charge in [-0.15, -0.1) is 0 Å². The first-order valence-electron chi connectivity index (χ1n) is 9.88. The average molecular weight is 419 g/mol. The van der Waals surface area contributed by atoms with E-state index in [1.165, 1.54) is 4.90 Å². The number of rotatable bonds is 6. The predicted molar refractivity (Wildman–Crippen MR) is 112 cm³/mol. The van der Waals surface area contributed by atoms with Crippen LogP contribution in [0, 0.1) is 6.92 Å². The number of aliphatic hydroxyl groups excluding tert-OH is 1. The number of ether oxygens (including phenoxy) is 1. The van der Waals surface area contributed by atoms with Gasteiger partial charge in [-0.25, -0.2) is 0 Å². The lowest BCUT2D eigenvalue weighted by Crippen LogP contribution is -2.29. The van der Waals surface area contributed by atoms with Crippen molar-refractivity contribution in [3.05, 3.63) is 77.3 Å². The van der Waals surface area contributed by atoms with Crippen molar-refractivity contribution in [1.29, 1.82) is 0 Å². The van der Waals surface area contributed by atoms with E-state index in [-0.39, 0.29) is 17.2 Å². The Morgan fingerprint density at radius 2 is 2.00 bits per heavy atom. The third-order valence-electron chi connectivity index (χ3n) is 4.91. The Hall–Kier alpha value is -3.94. The van der Waals surface area contributed by atoms with Crippen molar-refractivity contribution >= 4 is 23.3 Å². The van der Waals surface area contributed by atoms with Gasteiger partial charge in [0.15, 0.2) is 5.82 Å². The number of amides is 1. The summed E-state index contributed by atoms with van der Waals surface area (Å²) in [5.74, 6) is -0.553. The molecule has 1 saturated heterocycles. The second-order valence-corrected chi connectivity index (χ2v) is 7.12. The molecule has 0 spiro atoms. The minimum atomic E-state index is -0.894. The summed E-state index contributed by atoms with van der Waals surface area (Å²) in [5.41, 5.74) is 0.916. The highest BCUT2D eigenvalue weighted by molar-refractivity contribution is 6.51. The van der Waals surface area contributed by atoms with Crippen molar-refractivity contribution in [3.63, 3.8) is 0 Å². The van der Waals surface area contributed by atoms with Gasteiger partial charge in [-0.05, 0) is 49.2 Å². The number of carbonyl (C=O) groups excluding carboxylic acids is 2. The number of aromatic nitrogens is 2. The SMILES string of the molecule is CCCOc1ccc(C(O)=C2C(=O)C(=O)N(c3cc(C)on3)[C@@H]2c2cccnc2)cc1. The van der Waals surface area contributed by atoms with E-state index in [1.807, 2.05) is 6.92 Å². The minimum absolute atomic E-state index is 0.0409. The van der Waals surface area contributed by atoms with Gasteiger partial charge in [-0.2, -0.15) is 0 Å². The monoisotopic (exact) mass is 419 g/mol. The first-order chi connectivity index (χ1) is 15.0. The maximum absolute atomic E-state index is 13.0. The summed E-state index contributed by atoms with van der Waals surface area (Å²) in [5, 5.41) is 15.0. The molecule has 0 radical (unpaired) electrons. The first-order valence-corrected chi connectivity index (χ1v) is 9.88. The lowest BCUT2D eigenvalue weighted by Gasteiger charge is -2.22. The van der Waals surface area contributed by atoms with Crippen LogP contribution in [0.15, 0.2) is 65.0 Å². The Kier molecular flexibility index (Phi) is 5.53. The molecule has 1 aromatic carbocycles. The zero-order chi connectivity index (χ0) is 22.0. The molecule has 31 heavy (non-hydrogen) atoms. The molecule has 3 heterocycles. The van der Waals surface area contributed by atoms with Crippen molar-refractivity contribution in [1.82, 2.24) is 10.1 Å². The van der Waals surface area contributed by atoms with Gasteiger partial charge >= 0.3 is 5.91 Å². The molecule has 0 bridgehead atoms. The van der Waals surface area contributed by atoms with Crippen LogP contribution in [-0.2, 0) is 9.59 Å². The van der Waals surface area contributed by atoms with Crippen LogP contribution in [0.5, 0.6) is 5.75 Å². The van der Waals surface area contributed by atoms with Crippen LogP contribution in [-0.4, -0.2) is 33.5 Å². The van der Waals surface area contributed by atoms with E-state index in [0.717, 1.165) is 6.42 Å². The van der Waals surface area contributed by atoms with E-state index in [2.05, 4.69) is 10.1 Å². The molecule has 1 fully saturated rings. The number of anilines is 1. The maximum Gasteiger partial charge on any atom is 0.301 e. The summed E-state index contributed by atoms with van der Waals surface area (Å²) in [6, 6.07) is 10.8. The summed E-state index contributed by atoms with van der Waals surface area (Å²) < 4.78 is 10.7. The number of hydrogen-bond donors (Lipinski definition) is 1. The number of Topliss-reactive ketones (excluding diaryl/α,β-unsaturated/α-hetero) is 1. The van der Waals surface area contributed by atoms with Crippen molar-refractivity contribution in [3.8, 4) is 5.75 Å². The second kappa shape index (κ2) is 8.43. The van der Waals surface area contributed by atoms with Crippen molar-refractivity contribution in [2.24, 2.45) is 0 Å². The standard InChI is InChI=1S/C23H21N3O5/c1-3-11-30-17-8-6-15(7-9-17)21(27)19-20(16-5-4-10-24-13-16)26(23(29)22(19)28)18-12-14(2)31-25-18/h4-10,12-13,20,27H,3,11H2,1-2H3/t20-/m1/s1. The Morgan fingerprint density at radius 3 is 2.61 bits per heavy atom. The number of benzene rings is 1. The summed E-state index contributed by atoms with van der Waals surface area (Å²) in [6.07, 6.45) is 4.01. The molecule has 2 aromatic heterocycles. The van der Waals surface area contributed by atoms with E-state index in [0.29, 0.717) is 29.2 Å². The molecule has 3 aromatic rings. The Labute approximate surface area is 178 Å². The van der Waals surface area contributed by atoms with Crippen LogP contribution in [0.3, 0.4) is 0 Å². The first kappa shape index (κ1) is 20.3. The molecular weight excluding hydrogens is 398 g/mol. The highest BCUT2D eigenvalue weighted by Crippen LogP contribution is 2.41. The largest absolute Gasteiger partial charge is 0.507 e.